The maximum absolute atomic E-state index is 12.3. The number of benzene rings is 1. The lowest BCUT2D eigenvalue weighted by atomic mass is 10.0. The van der Waals surface area contributed by atoms with Crippen LogP contribution in [-0.2, 0) is 9.53 Å². The SMILES string of the molecule is CC(C)[C@H](N)C(=O)N1CCO[C@@H](c2ccc(Br)cc2)C1. The lowest BCUT2D eigenvalue weighted by molar-refractivity contribution is -0.141. The monoisotopic (exact) mass is 340 g/mol. The van der Waals surface area contributed by atoms with E-state index in [1.54, 1.807) is 0 Å². The Morgan fingerprint density at radius 2 is 2.05 bits per heavy atom. The molecule has 1 fully saturated rings. The summed E-state index contributed by atoms with van der Waals surface area (Å²) in [7, 11) is 0. The van der Waals surface area contributed by atoms with Crippen molar-refractivity contribution in [1.82, 2.24) is 4.90 Å². The molecule has 1 aliphatic heterocycles. The lowest BCUT2D eigenvalue weighted by Crippen LogP contribution is -2.51. The van der Waals surface area contributed by atoms with Gasteiger partial charge in [0.25, 0.3) is 0 Å². The van der Waals surface area contributed by atoms with Gasteiger partial charge in [-0.05, 0) is 23.6 Å². The van der Waals surface area contributed by atoms with E-state index in [-0.39, 0.29) is 17.9 Å². The van der Waals surface area contributed by atoms with E-state index in [0.29, 0.717) is 19.7 Å². The summed E-state index contributed by atoms with van der Waals surface area (Å²) in [6.07, 6.45) is -0.0693. The van der Waals surface area contributed by atoms with Crippen molar-refractivity contribution < 1.29 is 9.53 Å². The molecule has 0 saturated carbocycles. The Morgan fingerprint density at radius 3 is 2.65 bits per heavy atom. The van der Waals surface area contributed by atoms with E-state index in [1.165, 1.54) is 0 Å². The van der Waals surface area contributed by atoms with Crippen LogP contribution in [0.1, 0.15) is 25.5 Å². The highest BCUT2D eigenvalue weighted by atomic mass is 79.9. The van der Waals surface area contributed by atoms with E-state index < -0.39 is 6.04 Å². The molecule has 0 unspecified atom stereocenters. The fourth-order valence-corrected chi connectivity index (χ4v) is 2.49. The summed E-state index contributed by atoms with van der Waals surface area (Å²) >= 11 is 3.42. The molecule has 1 aromatic carbocycles. The predicted octanol–water partition coefficient (Wildman–Crippen LogP) is 2.33. The van der Waals surface area contributed by atoms with Crippen LogP contribution in [0.15, 0.2) is 28.7 Å². The minimum absolute atomic E-state index is 0.0189. The number of rotatable bonds is 3. The average Bonchev–Trinajstić information content (AvgIpc) is 2.46. The van der Waals surface area contributed by atoms with E-state index in [2.05, 4.69) is 15.9 Å². The maximum Gasteiger partial charge on any atom is 0.239 e. The smallest absolute Gasteiger partial charge is 0.239 e. The molecule has 0 radical (unpaired) electrons. The third-order valence-corrected chi connectivity index (χ3v) is 4.15. The van der Waals surface area contributed by atoms with E-state index in [9.17, 15) is 4.79 Å². The largest absolute Gasteiger partial charge is 0.370 e. The van der Waals surface area contributed by atoms with Gasteiger partial charge in [0.05, 0.1) is 19.2 Å². The van der Waals surface area contributed by atoms with E-state index >= 15 is 0 Å². The molecule has 1 aliphatic rings. The summed E-state index contributed by atoms with van der Waals surface area (Å²) in [6.45, 7) is 5.68. The minimum Gasteiger partial charge on any atom is -0.370 e. The number of halogens is 1. The van der Waals surface area contributed by atoms with Crippen LogP contribution in [0.4, 0.5) is 0 Å². The Bertz CT molecular complexity index is 461. The van der Waals surface area contributed by atoms with Gasteiger partial charge in [0, 0.05) is 11.0 Å². The highest BCUT2D eigenvalue weighted by Gasteiger charge is 2.29. The third-order valence-electron chi connectivity index (χ3n) is 3.62. The van der Waals surface area contributed by atoms with Gasteiger partial charge in [-0.2, -0.15) is 0 Å². The number of nitrogens with zero attached hydrogens (tertiary/aromatic N) is 1. The summed E-state index contributed by atoms with van der Waals surface area (Å²) in [4.78, 5) is 14.1. The zero-order valence-electron chi connectivity index (χ0n) is 11.9. The number of morpholine rings is 1. The van der Waals surface area contributed by atoms with Crippen molar-refractivity contribution >= 4 is 21.8 Å². The van der Waals surface area contributed by atoms with Crippen LogP contribution in [0.2, 0.25) is 0 Å². The molecule has 0 aromatic heterocycles. The Hall–Kier alpha value is -0.910. The van der Waals surface area contributed by atoms with Crippen LogP contribution in [0.3, 0.4) is 0 Å². The van der Waals surface area contributed by atoms with Gasteiger partial charge in [0.1, 0.15) is 6.10 Å². The molecule has 1 aromatic rings. The minimum atomic E-state index is -0.432. The Morgan fingerprint density at radius 1 is 1.40 bits per heavy atom. The normalized spacial score (nSPS) is 21.1. The topological polar surface area (TPSA) is 55.6 Å². The molecular weight excluding hydrogens is 320 g/mol. The molecule has 0 aliphatic carbocycles. The first-order chi connectivity index (χ1) is 9.49. The number of ether oxygens (including phenoxy) is 1. The van der Waals surface area contributed by atoms with Crippen molar-refractivity contribution in [3.8, 4) is 0 Å². The van der Waals surface area contributed by atoms with Crippen molar-refractivity contribution in [3.05, 3.63) is 34.3 Å². The zero-order chi connectivity index (χ0) is 14.7. The third kappa shape index (κ3) is 3.59. The van der Waals surface area contributed by atoms with E-state index in [1.807, 2.05) is 43.0 Å². The molecule has 0 spiro atoms. The molecule has 0 bridgehead atoms. The quantitative estimate of drug-likeness (QED) is 0.918. The van der Waals surface area contributed by atoms with Crippen molar-refractivity contribution in [2.75, 3.05) is 19.7 Å². The standard InChI is InChI=1S/C15H21BrN2O2/c1-10(2)14(17)15(19)18-7-8-20-13(9-18)11-3-5-12(16)6-4-11/h3-6,10,13-14H,7-9,17H2,1-2H3/t13-,14+/m1/s1. The maximum atomic E-state index is 12.3. The number of hydrogen-bond donors (Lipinski definition) is 1. The summed E-state index contributed by atoms with van der Waals surface area (Å²) in [5, 5.41) is 0. The molecule has 1 heterocycles. The summed E-state index contributed by atoms with van der Waals surface area (Å²) in [6, 6.07) is 7.58. The Balaban J connectivity index is 2.05. The average molecular weight is 341 g/mol. The second-order valence-corrected chi connectivity index (χ2v) is 6.38. The van der Waals surface area contributed by atoms with Gasteiger partial charge in [0.15, 0.2) is 0 Å². The fraction of sp³-hybridized carbons (Fsp3) is 0.533. The summed E-state index contributed by atoms with van der Waals surface area (Å²) < 4.78 is 6.81. The van der Waals surface area contributed by atoms with Crippen molar-refractivity contribution in [2.24, 2.45) is 11.7 Å². The van der Waals surface area contributed by atoms with E-state index in [4.69, 9.17) is 10.5 Å². The van der Waals surface area contributed by atoms with Gasteiger partial charge >= 0.3 is 0 Å². The van der Waals surface area contributed by atoms with Crippen molar-refractivity contribution in [1.29, 1.82) is 0 Å². The highest BCUT2D eigenvalue weighted by molar-refractivity contribution is 9.10. The molecule has 1 saturated heterocycles. The van der Waals surface area contributed by atoms with Crippen molar-refractivity contribution in [3.63, 3.8) is 0 Å². The molecule has 2 N–H and O–H groups in total. The number of carbonyl (C=O) groups is 1. The van der Waals surface area contributed by atoms with Gasteiger partial charge in [0.2, 0.25) is 5.91 Å². The molecule has 20 heavy (non-hydrogen) atoms. The number of hydrogen-bond acceptors (Lipinski definition) is 3. The van der Waals surface area contributed by atoms with Gasteiger partial charge in [-0.25, -0.2) is 0 Å². The molecule has 2 rings (SSSR count). The molecule has 5 heteroatoms. The van der Waals surface area contributed by atoms with Crippen LogP contribution >= 0.6 is 15.9 Å². The predicted molar refractivity (Wildman–Crippen MR) is 82.2 cm³/mol. The second kappa shape index (κ2) is 6.70. The van der Waals surface area contributed by atoms with E-state index in [0.717, 1.165) is 10.0 Å². The molecule has 110 valence electrons. The van der Waals surface area contributed by atoms with Gasteiger partial charge in [-0.1, -0.05) is 41.9 Å². The Kier molecular flexibility index (Phi) is 5.18. The molecular formula is C15H21BrN2O2. The summed E-state index contributed by atoms with van der Waals surface area (Å²) in [5.41, 5.74) is 7.04. The first kappa shape index (κ1) is 15.5. The zero-order valence-corrected chi connectivity index (χ0v) is 13.5. The van der Waals surface area contributed by atoms with Crippen molar-refractivity contribution in [2.45, 2.75) is 26.0 Å². The molecule has 4 nitrogen and oxygen atoms in total. The van der Waals surface area contributed by atoms with Gasteiger partial charge in [-0.3, -0.25) is 4.79 Å². The first-order valence-electron chi connectivity index (χ1n) is 6.90. The second-order valence-electron chi connectivity index (χ2n) is 5.47. The van der Waals surface area contributed by atoms with Crippen LogP contribution in [0.5, 0.6) is 0 Å². The number of carbonyl (C=O) groups excluding carboxylic acids is 1. The molecule has 1 amide bonds. The Labute approximate surface area is 128 Å². The van der Waals surface area contributed by atoms with Gasteiger partial charge in [-0.15, -0.1) is 0 Å². The van der Waals surface area contributed by atoms with Crippen LogP contribution in [-0.4, -0.2) is 36.5 Å². The van der Waals surface area contributed by atoms with Gasteiger partial charge < -0.3 is 15.4 Å². The van der Waals surface area contributed by atoms with Crippen LogP contribution in [0, 0.1) is 5.92 Å². The first-order valence-corrected chi connectivity index (χ1v) is 7.69. The lowest BCUT2D eigenvalue weighted by Gasteiger charge is -2.35. The highest BCUT2D eigenvalue weighted by Crippen LogP contribution is 2.24. The molecule has 2 atom stereocenters. The fourth-order valence-electron chi connectivity index (χ4n) is 2.22. The number of amides is 1. The summed E-state index contributed by atoms with van der Waals surface area (Å²) in [5.74, 6) is 0.168. The van der Waals surface area contributed by atoms with Crippen LogP contribution < -0.4 is 5.73 Å². The number of nitrogens with two attached hydrogens (primary N) is 1. The van der Waals surface area contributed by atoms with Crippen LogP contribution in [0.25, 0.3) is 0 Å².